The smallest absolute Gasteiger partial charge is 0.280 e. The number of amides is 3. The molecule has 12 heteroatoms. The van der Waals surface area contributed by atoms with Crippen LogP contribution in [-0.4, -0.2) is 57.8 Å². The molecular weight excluding hydrogens is 488 g/mol. The highest BCUT2D eigenvalue weighted by Crippen LogP contribution is 2.16. The first-order chi connectivity index (χ1) is 18.1. The maximum absolute atomic E-state index is 12.5. The van der Waals surface area contributed by atoms with Crippen LogP contribution in [0.5, 0.6) is 0 Å². The van der Waals surface area contributed by atoms with Crippen molar-refractivity contribution in [2.45, 2.75) is 46.6 Å². The van der Waals surface area contributed by atoms with Crippen LogP contribution in [0.1, 0.15) is 56.1 Å². The molecule has 1 aromatic carbocycles. The van der Waals surface area contributed by atoms with Gasteiger partial charge >= 0.3 is 0 Å². The number of H-pyrrole nitrogens is 1. The van der Waals surface area contributed by atoms with Gasteiger partial charge < -0.3 is 15.5 Å². The first kappa shape index (κ1) is 28.2. The van der Waals surface area contributed by atoms with E-state index in [1.54, 1.807) is 26.0 Å². The van der Waals surface area contributed by atoms with Gasteiger partial charge in [0.15, 0.2) is 11.2 Å². The monoisotopic (exact) mass is 522 g/mol. The molecule has 0 aliphatic rings. The summed E-state index contributed by atoms with van der Waals surface area (Å²) in [4.78, 5) is 64.9. The topological polar surface area (TPSA) is 162 Å². The molecule has 0 aliphatic carbocycles. The lowest BCUT2D eigenvalue weighted by Crippen LogP contribution is -2.25. The molecule has 0 saturated heterocycles. The van der Waals surface area contributed by atoms with Crippen molar-refractivity contribution in [3.63, 3.8) is 0 Å². The Balaban J connectivity index is 1.55. The van der Waals surface area contributed by atoms with Gasteiger partial charge in [0.05, 0.1) is 18.4 Å². The lowest BCUT2D eigenvalue weighted by Gasteiger charge is -2.19. The fourth-order valence-corrected chi connectivity index (χ4v) is 3.55. The van der Waals surface area contributed by atoms with Gasteiger partial charge in [-0.15, -0.1) is 0 Å². The zero-order valence-corrected chi connectivity index (χ0v) is 22.1. The average Bonchev–Trinajstić information content (AvgIpc) is 2.88. The van der Waals surface area contributed by atoms with Crippen molar-refractivity contribution < 1.29 is 14.4 Å². The summed E-state index contributed by atoms with van der Waals surface area (Å²) in [5.41, 5.74) is 1.72. The van der Waals surface area contributed by atoms with E-state index in [1.807, 2.05) is 24.1 Å². The maximum atomic E-state index is 12.5. The standard InChI is InChI=1S/C26H34N8O4/c1-16(2)23(36)32-26-31-22-21(25(38)33-26)30-19(14-29-22)15-34(4)20-10-8-18(9-11-20)24(37)28-13-7-5-6-12-27-17(3)35/h8-11,14,16H,5-7,12-13,15H2,1-4H3,(H,27,35)(H,28,37)(H2,29,31,32,33,36,38). The number of carbonyl (C=O) groups is 3. The van der Waals surface area contributed by atoms with Crippen molar-refractivity contribution in [3.05, 3.63) is 52.1 Å². The molecule has 3 amide bonds. The van der Waals surface area contributed by atoms with Gasteiger partial charge in [0.25, 0.3) is 11.5 Å². The second kappa shape index (κ2) is 13.3. The van der Waals surface area contributed by atoms with Crippen LogP contribution >= 0.6 is 0 Å². The first-order valence-corrected chi connectivity index (χ1v) is 12.5. The van der Waals surface area contributed by atoms with E-state index in [0.29, 0.717) is 30.9 Å². The third-order valence-electron chi connectivity index (χ3n) is 5.72. The van der Waals surface area contributed by atoms with Crippen molar-refractivity contribution in [1.29, 1.82) is 0 Å². The van der Waals surface area contributed by atoms with Gasteiger partial charge in [0.1, 0.15) is 0 Å². The third-order valence-corrected chi connectivity index (χ3v) is 5.72. The number of aromatic amines is 1. The number of carbonyl (C=O) groups excluding carboxylic acids is 3. The molecule has 2 heterocycles. The third kappa shape index (κ3) is 8.08. The lowest BCUT2D eigenvalue weighted by atomic mass is 10.1. The number of nitrogens with zero attached hydrogens (tertiary/aromatic N) is 4. The molecule has 3 rings (SSSR count). The fraction of sp³-hybridized carbons (Fsp3) is 0.423. The average molecular weight is 523 g/mol. The van der Waals surface area contributed by atoms with Crippen molar-refractivity contribution >= 4 is 40.5 Å². The van der Waals surface area contributed by atoms with E-state index < -0.39 is 5.56 Å². The maximum Gasteiger partial charge on any atom is 0.280 e. The van der Waals surface area contributed by atoms with Gasteiger partial charge in [0.2, 0.25) is 17.8 Å². The Labute approximate surface area is 220 Å². The van der Waals surface area contributed by atoms with E-state index in [2.05, 4.69) is 35.9 Å². The normalized spacial score (nSPS) is 10.9. The summed E-state index contributed by atoms with van der Waals surface area (Å²) >= 11 is 0. The number of aromatic nitrogens is 4. The Morgan fingerprint density at radius 3 is 2.34 bits per heavy atom. The summed E-state index contributed by atoms with van der Waals surface area (Å²) in [6.07, 6.45) is 4.17. The highest BCUT2D eigenvalue weighted by Gasteiger charge is 2.13. The molecule has 2 aromatic heterocycles. The van der Waals surface area contributed by atoms with Crippen LogP contribution in [0, 0.1) is 5.92 Å². The van der Waals surface area contributed by atoms with E-state index in [4.69, 9.17) is 0 Å². The number of unbranched alkanes of at least 4 members (excludes halogenated alkanes) is 2. The second-order valence-corrected chi connectivity index (χ2v) is 9.29. The van der Waals surface area contributed by atoms with Gasteiger partial charge in [-0.25, -0.2) is 9.97 Å². The summed E-state index contributed by atoms with van der Waals surface area (Å²) in [5.74, 6) is -0.670. The van der Waals surface area contributed by atoms with E-state index in [9.17, 15) is 19.2 Å². The first-order valence-electron chi connectivity index (χ1n) is 12.5. The van der Waals surface area contributed by atoms with Crippen LogP contribution in [0.3, 0.4) is 0 Å². The summed E-state index contributed by atoms with van der Waals surface area (Å²) < 4.78 is 0. The molecule has 0 bridgehead atoms. The minimum Gasteiger partial charge on any atom is -0.369 e. The highest BCUT2D eigenvalue weighted by molar-refractivity contribution is 5.94. The molecule has 4 N–H and O–H groups in total. The van der Waals surface area contributed by atoms with Gasteiger partial charge in [0, 0.05) is 44.2 Å². The molecule has 0 radical (unpaired) electrons. The molecule has 0 spiro atoms. The summed E-state index contributed by atoms with van der Waals surface area (Å²) in [7, 11) is 1.87. The Bertz CT molecular complexity index is 1340. The largest absolute Gasteiger partial charge is 0.369 e. The molecule has 0 atom stereocenters. The summed E-state index contributed by atoms with van der Waals surface area (Å²) in [6, 6.07) is 7.20. The van der Waals surface area contributed by atoms with Crippen LogP contribution in [0.2, 0.25) is 0 Å². The molecule has 0 saturated carbocycles. The molecule has 0 aliphatic heterocycles. The molecule has 38 heavy (non-hydrogen) atoms. The molecular formula is C26H34N8O4. The van der Waals surface area contributed by atoms with E-state index in [0.717, 1.165) is 24.9 Å². The van der Waals surface area contributed by atoms with E-state index in [1.165, 1.54) is 13.1 Å². The molecule has 3 aromatic rings. The fourth-order valence-electron chi connectivity index (χ4n) is 3.55. The predicted octanol–water partition coefficient (Wildman–Crippen LogP) is 1.98. The van der Waals surface area contributed by atoms with Crippen molar-refractivity contribution in [2.24, 2.45) is 5.92 Å². The molecule has 12 nitrogen and oxygen atoms in total. The van der Waals surface area contributed by atoms with Crippen molar-refractivity contribution in [1.82, 2.24) is 30.6 Å². The quantitative estimate of drug-likeness (QED) is 0.263. The number of nitrogens with one attached hydrogen (secondary N) is 4. The second-order valence-electron chi connectivity index (χ2n) is 9.29. The minimum atomic E-state index is -0.492. The minimum absolute atomic E-state index is 0.0337. The van der Waals surface area contributed by atoms with Crippen LogP contribution < -0.4 is 26.4 Å². The number of benzene rings is 1. The van der Waals surface area contributed by atoms with Crippen LogP contribution in [0.4, 0.5) is 11.6 Å². The number of anilines is 2. The van der Waals surface area contributed by atoms with Gasteiger partial charge in [-0.2, -0.15) is 4.98 Å². The Morgan fingerprint density at radius 2 is 1.68 bits per heavy atom. The predicted molar refractivity (Wildman–Crippen MR) is 145 cm³/mol. The molecule has 0 fully saturated rings. The zero-order valence-electron chi connectivity index (χ0n) is 22.1. The van der Waals surface area contributed by atoms with Gasteiger partial charge in [-0.3, -0.25) is 29.5 Å². The van der Waals surface area contributed by atoms with Crippen molar-refractivity contribution in [3.8, 4) is 0 Å². The summed E-state index contributed by atoms with van der Waals surface area (Å²) in [6.45, 7) is 6.56. The molecule has 202 valence electrons. The zero-order chi connectivity index (χ0) is 27.7. The number of hydrogen-bond acceptors (Lipinski definition) is 8. The Hall–Kier alpha value is -4.35. The number of rotatable bonds is 12. The number of fused-ring (bicyclic) bond motifs is 1. The Kier molecular flexibility index (Phi) is 9.85. The van der Waals surface area contributed by atoms with Gasteiger partial charge in [-0.1, -0.05) is 13.8 Å². The number of hydrogen-bond donors (Lipinski definition) is 4. The van der Waals surface area contributed by atoms with E-state index >= 15 is 0 Å². The van der Waals surface area contributed by atoms with Crippen LogP contribution in [0.15, 0.2) is 35.3 Å². The molecule has 0 unspecified atom stereocenters. The highest BCUT2D eigenvalue weighted by atomic mass is 16.2. The van der Waals surface area contributed by atoms with Crippen LogP contribution in [-0.2, 0) is 16.1 Å². The SMILES string of the molecule is CC(=O)NCCCCCNC(=O)c1ccc(N(C)Cc2cnc3nc(NC(=O)C(C)C)[nH]c(=O)c3n2)cc1. The van der Waals surface area contributed by atoms with Crippen molar-refractivity contribution in [2.75, 3.05) is 30.4 Å². The lowest BCUT2D eigenvalue weighted by molar-refractivity contribution is -0.119. The van der Waals surface area contributed by atoms with Gasteiger partial charge in [-0.05, 0) is 43.5 Å². The summed E-state index contributed by atoms with van der Waals surface area (Å²) in [5, 5.41) is 8.22. The Morgan fingerprint density at radius 1 is 1.00 bits per heavy atom. The van der Waals surface area contributed by atoms with Crippen LogP contribution in [0.25, 0.3) is 11.2 Å². The van der Waals surface area contributed by atoms with E-state index in [-0.39, 0.29) is 40.8 Å².